The number of piperazine rings is 1. The molecule has 2 N–H and O–H groups in total. The van der Waals surface area contributed by atoms with Crippen molar-refractivity contribution >= 4 is 12.1 Å². The smallest absolute Gasteiger partial charge is 0.410 e. The zero-order valence-corrected chi connectivity index (χ0v) is 16.0. The van der Waals surface area contributed by atoms with E-state index in [1.54, 1.807) is 11.9 Å². The minimum Gasteiger partial charge on any atom is -0.444 e. The molecule has 0 radical (unpaired) electrons. The molecular weight excluding hydrogens is 318 g/mol. The summed E-state index contributed by atoms with van der Waals surface area (Å²) in [5, 5.41) is 6.81. The SMILES string of the molecule is CN=C(NCCN1CCN(C(=O)OC(C)(C)C)CC1)NC1CC=CC1. The summed E-state index contributed by atoms with van der Waals surface area (Å²) in [7, 11) is 1.80. The molecule has 142 valence electrons. The molecule has 2 rings (SSSR count). The van der Waals surface area contributed by atoms with Gasteiger partial charge in [0.2, 0.25) is 0 Å². The molecule has 1 fully saturated rings. The first kappa shape index (κ1) is 19.6. The van der Waals surface area contributed by atoms with Crippen LogP contribution in [0.5, 0.6) is 0 Å². The van der Waals surface area contributed by atoms with Crippen molar-refractivity contribution in [1.29, 1.82) is 0 Å². The number of hydrogen-bond donors (Lipinski definition) is 2. The second-order valence-electron chi connectivity index (χ2n) is 7.59. The van der Waals surface area contributed by atoms with Crippen molar-refractivity contribution in [2.45, 2.75) is 45.3 Å². The lowest BCUT2D eigenvalue weighted by atomic mass is 10.2. The Hall–Kier alpha value is -1.76. The van der Waals surface area contributed by atoms with Crippen LogP contribution in [0.4, 0.5) is 4.79 Å². The quantitative estimate of drug-likeness (QED) is 0.455. The number of amides is 1. The molecule has 0 unspecified atom stereocenters. The highest BCUT2D eigenvalue weighted by Gasteiger charge is 2.25. The van der Waals surface area contributed by atoms with Gasteiger partial charge in [-0.3, -0.25) is 9.89 Å². The van der Waals surface area contributed by atoms with Crippen LogP contribution in [0.2, 0.25) is 0 Å². The van der Waals surface area contributed by atoms with Crippen molar-refractivity contribution in [2.75, 3.05) is 46.3 Å². The van der Waals surface area contributed by atoms with Gasteiger partial charge < -0.3 is 20.3 Å². The fourth-order valence-electron chi connectivity index (χ4n) is 2.94. The normalized spacial score (nSPS) is 20.0. The number of carbonyl (C=O) groups is 1. The van der Waals surface area contributed by atoms with Crippen LogP contribution in [0.25, 0.3) is 0 Å². The maximum atomic E-state index is 12.1. The van der Waals surface area contributed by atoms with Gasteiger partial charge in [0.05, 0.1) is 0 Å². The third kappa shape index (κ3) is 6.94. The van der Waals surface area contributed by atoms with Gasteiger partial charge in [0.25, 0.3) is 0 Å². The first-order valence-corrected chi connectivity index (χ1v) is 9.20. The molecule has 0 atom stereocenters. The highest BCUT2D eigenvalue weighted by atomic mass is 16.6. The Labute approximate surface area is 151 Å². The molecule has 0 saturated carbocycles. The Balaban J connectivity index is 1.62. The maximum absolute atomic E-state index is 12.1. The standard InChI is InChI=1S/C18H33N5O2/c1-18(2,3)25-17(24)23-13-11-22(12-14-23)10-9-20-16(19-4)21-15-7-5-6-8-15/h5-6,15H,7-14H2,1-4H3,(H2,19,20,21). The third-order valence-electron chi connectivity index (χ3n) is 4.32. The summed E-state index contributed by atoms with van der Waals surface area (Å²) < 4.78 is 5.43. The second-order valence-corrected chi connectivity index (χ2v) is 7.59. The van der Waals surface area contributed by atoms with Crippen LogP contribution in [0.1, 0.15) is 33.6 Å². The monoisotopic (exact) mass is 351 g/mol. The molecule has 1 saturated heterocycles. The minimum absolute atomic E-state index is 0.208. The van der Waals surface area contributed by atoms with Crippen molar-refractivity contribution in [3.63, 3.8) is 0 Å². The Kier molecular flexibility index (Phi) is 7.11. The average Bonchev–Trinajstić information content (AvgIpc) is 3.06. The van der Waals surface area contributed by atoms with Gasteiger partial charge in [-0.15, -0.1) is 0 Å². The van der Waals surface area contributed by atoms with Crippen molar-refractivity contribution in [3.05, 3.63) is 12.2 Å². The van der Waals surface area contributed by atoms with Gasteiger partial charge in [0, 0.05) is 52.4 Å². The lowest BCUT2D eigenvalue weighted by Gasteiger charge is -2.35. The summed E-state index contributed by atoms with van der Waals surface area (Å²) in [6, 6.07) is 0.462. The summed E-state index contributed by atoms with van der Waals surface area (Å²) in [6.07, 6.45) is 6.32. The largest absolute Gasteiger partial charge is 0.444 e. The summed E-state index contributed by atoms with van der Waals surface area (Å²) in [6.45, 7) is 10.7. The number of nitrogens with one attached hydrogen (secondary N) is 2. The molecule has 0 aromatic heterocycles. The number of aliphatic imine (C=N–C) groups is 1. The van der Waals surface area contributed by atoms with Crippen molar-refractivity contribution < 1.29 is 9.53 Å². The molecule has 0 aromatic carbocycles. The van der Waals surface area contributed by atoms with Gasteiger partial charge in [-0.2, -0.15) is 0 Å². The Bertz CT molecular complexity index is 482. The number of carbonyl (C=O) groups excluding carboxylic acids is 1. The number of ether oxygens (including phenoxy) is 1. The van der Waals surface area contributed by atoms with E-state index in [9.17, 15) is 4.79 Å². The van der Waals surface area contributed by atoms with Gasteiger partial charge in [-0.05, 0) is 33.6 Å². The predicted octanol–water partition coefficient (Wildman–Crippen LogP) is 1.42. The van der Waals surface area contributed by atoms with Crippen molar-refractivity contribution in [1.82, 2.24) is 20.4 Å². The fraction of sp³-hybridized carbons (Fsp3) is 0.778. The molecule has 7 nitrogen and oxygen atoms in total. The summed E-state index contributed by atoms with van der Waals surface area (Å²) in [4.78, 5) is 20.5. The lowest BCUT2D eigenvalue weighted by Crippen LogP contribution is -2.52. The first-order chi connectivity index (χ1) is 11.9. The van der Waals surface area contributed by atoms with E-state index in [2.05, 4.69) is 32.7 Å². The summed E-state index contributed by atoms with van der Waals surface area (Å²) in [5.74, 6) is 0.862. The van der Waals surface area contributed by atoms with Crippen LogP contribution < -0.4 is 10.6 Å². The number of nitrogens with zero attached hydrogens (tertiary/aromatic N) is 3. The zero-order valence-electron chi connectivity index (χ0n) is 16.0. The van der Waals surface area contributed by atoms with Gasteiger partial charge in [0.1, 0.15) is 5.60 Å². The Morgan fingerprint density at radius 3 is 2.40 bits per heavy atom. The molecule has 25 heavy (non-hydrogen) atoms. The van der Waals surface area contributed by atoms with Crippen LogP contribution >= 0.6 is 0 Å². The van der Waals surface area contributed by atoms with E-state index < -0.39 is 5.60 Å². The topological polar surface area (TPSA) is 69.2 Å². The Morgan fingerprint density at radius 1 is 1.20 bits per heavy atom. The van der Waals surface area contributed by atoms with Crippen LogP contribution in [0.15, 0.2) is 17.1 Å². The molecule has 0 aromatic rings. The molecule has 1 aliphatic carbocycles. The number of hydrogen-bond acceptors (Lipinski definition) is 4. The van der Waals surface area contributed by atoms with E-state index in [1.807, 2.05) is 20.8 Å². The van der Waals surface area contributed by atoms with E-state index in [0.29, 0.717) is 6.04 Å². The van der Waals surface area contributed by atoms with E-state index in [1.165, 1.54) is 0 Å². The number of rotatable bonds is 4. The molecule has 1 amide bonds. The van der Waals surface area contributed by atoms with Gasteiger partial charge >= 0.3 is 6.09 Å². The number of guanidine groups is 1. The van der Waals surface area contributed by atoms with Crippen LogP contribution in [0.3, 0.4) is 0 Å². The van der Waals surface area contributed by atoms with Gasteiger partial charge in [-0.1, -0.05) is 12.2 Å². The molecule has 1 aliphatic heterocycles. The average molecular weight is 351 g/mol. The summed E-state index contributed by atoms with van der Waals surface area (Å²) >= 11 is 0. The van der Waals surface area contributed by atoms with E-state index in [0.717, 1.165) is 58.1 Å². The second kappa shape index (κ2) is 9.08. The highest BCUT2D eigenvalue weighted by Crippen LogP contribution is 2.12. The molecule has 0 bridgehead atoms. The summed E-state index contributed by atoms with van der Waals surface area (Å²) in [5.41, 5.74) is -0.435. The van der Waals surface area contributed by atoms with E-state index >= 15 is 0 Å². The molecule has 7 heteroatoms. The maximum Gasteiger partial charge on any atom is 0.410 e. The van der Waals surface area contributed by atoms with Crippen LogP contribution in [0, 0.1) is 0 Å². The van der Waals surface area contributed by atoms with E-state index in [-0.39, 0.29) is 6.09 Å². The van der Waals surface area contributed by atoms with Gasteiger partial charge in [0.15, 0.2) is 5.96 Å². The fourth-order valence-corrected chi connectivity index (χ4v) is 2.94. The van der Waals surface area contributed by atoms with Crippen LogP contribution in [-0.2, 0) is 4.74 Å². The first-order valence-electron chi connectivity index (χ1n) is 9.20. The van der Waals surface area contributed by atoms with Crippen molar-refractivity contribution in [2.24, 2.45) is 4.99 Å². The minimum atomic E-state index is -0.435. The molecule has 2 aliphatic rings. The van der Waals surface area contributed by atoms with Gasteiger partial charge in [-0.25, -0.2) is 4.79 Å². The van der Waals surface area contributed by atoms with Crippen molar-refractivity contribution in [3.8, 4) is 0 Å². The predicted molar refractivity (Wildman–Crippen MR) is 101 cm³/mol. The zero-order chi connectivity index (χ0) is 18.3. The van der Waals surface area contributed by atoms with E-state index in [4.69, 9.17) is 4.74 Å². The molecule has 0 spiro atoms. The van der Waals surface area contributed by atoms with Crippen LogP contribution in [-0.4, -0.2) is 79.8 Å². The lowest BCUT2D eigenvalue weighted by molar-refractivity contribution is 0.0147. The Morgan fingerprint density at radius 2 is 1.84 bits per heavy atom. The molecular formula is C18H33N5O2. The third-order valence-corrected chi connectivity index (χ3v) is 4.32. The molecule has 1 heterocycles. The highest BCUT2D eigenvalue weighted by molar-refractivity contribution is 5.80.